The Hall–Kier alpha value is -0.830. The van der Waals surface area contributed by atoms with Gasteiger partial charge in [0.25, 0.3) is 0 Å². The standard InChI is InChI=1S/C8H14N2O/c1-3-8-9-4-5-10(8)7(2)6-11/h4-5,7,11H,3,6H2,1-2H3. The van der Waals surface area contributed by atoms with Gasteiger partial charge in [-0.1, -0.05) is 6.92 Å². The SMILES string of the molecule is CCc1nccn1C(C)CO. The van der Waals surface area contributed by atoms with Crippen LogP contribution in [0.1, 0.15) is 25.7 Å². The molecule has 0 saturated carbocycles. The Morgan fingerprint density at radius 2 is 2.45 bits per heavy atom. The van der Waals surface area contributed by atoms with E-state index in [1.165, 1.54) is 0 Å². The molecule has 0 aliphatic carbocycles. The summed E-state index contributed by atoms with van der Waals surface area (Å²) in [7, 11) is 0. The van der Waals surface area contributed by atoms with Crippen LogP contribution in [0.3, 0.4) is 0 Å². The van der Waals surface area contributed by atoms with Crippen molar-refractivity contribution < 1.29 is 5.11 Å². The molecule has 0 amide bonds. The van der Waals surface area contributed by atoms with Gasteiger partial charge >= 0.3 is 0 Å². The number of aryl methyl sites for hydroxylation is 1. The van der Waals surface area contributed by atoms with Crippen molar-refractivity contribution in [3.8, 4) is 0 Å². The summed E-state index contributed by atoms with van der Waals surface area (Å²) < 4.78 is 2.00. The summed E-state index contributed by atoms with van der Waals surface area (Å²) in [6, 6.07) is 0.146. The first-order chi connectivity index (χ1) is 5.29. The van der Waals surface area contributed by atoms with Gasteiger partial charge < -0.3 is 9.67 Å². The minimum atomic E-state index is 0.146. The highest BCUT2D eigenvalue weighted by Gasteiger charge is 2.05. The van der Waals surface area contributed by atoms with Gasteiger partial charge in [-0.05, 0) is 6.92 Å². The third-order valence-corrected chi connectivity index (χ3v) is 1.80. The molecule has 0 aliphatic heterocycles. The van der Waals surface area contributed by atoms with Gasteiger partial charge in [-0.2, -0.15) is 0 Å². The quantitative estimate of drug-likeness (QED) is 0.705. The van der Waals surface area contributed by atoms with Crippen LogP contribution in [0.15, 0.2) is 12.4 Å². The van der Waals surface area contributed by atoms with Crippen LogP contribution >= 0.6 is 0 Å². The Labute approximate surface area is 66.7 Å². The van der Waals surface area contributed by atoms with Crippen molar-refractivity contribution in [1.82, 2.24) is 9.55 Å². The fourth-order valence-corrected chi connectivity index (χ4v) is 1.11. The number of hydrogen-bond acceptors (Lipinski definition) is 2. The van der Waals surface area contributed by atoms with Gasteiger partial charge in [0.05, 0.1) is 12.6 Å². The maximum atomic E-state index is 8.88. The van der Waals surface area contributed by atoms with Gasteiger partial charge in [-0.15, -0.1) is 0 Å². The Balaban J connectivity index is 2.83. The van der Waals surface area contributed by atoms with E-state index in [0.717, 1.165) is 12.2 Å². The number of aliphatic hydroxyl groups excluding tert-OH is 1. The number of imidazole rings is 1. The fourth-order valence-electron chi connectivity index (χ4n) is 1.11. The Kier molecular flexibility index (Phi) is 2.65. The summed E-state index contributed by atoms with van der Waals surface area (Å²) in [5.41, 5.74) is 0. The minimum Gasteiger partial charge on any atom is -0.394 e. The lowest BCUT2D eigenvalue weighted by atomic mass is 10.3. The van der Waals surface area contributed by atoms with Crippen LogP contribution in [0.2, 0.25) is 0 Å². The molecule has 3 heteroatoms. The van der Waals surface area contributed by atoms with Gasteiger partial charge in [0.1, 0.15) is 5.82 Å². The molecule has 1 aromatic heterocycles. The minimum absolute atomic E-state index is 0.146. The topological polar surface area (TPSA) is 38.0 Å². The summed E-state index contributed by atoms with van der Waals surface area (Å²) in [4.78, 5) is 4.16. The normalized spacial score (nSPS) is 13.4. The molecule has 62 valence electrons. The molecule has 0 aliphatic rings. The monoisotopic (exact) mass is 154 g/mol. The van der Waals surface area contributed by atoms with Crippen LogP contribution in [0.5, 0.6) is 0 Å². The third-order valence-electron chi connectivity index (χ3n) is 1.80. The second kappa shape index (κ2) is 3.53. The van der Waals surface area contributed by atoms with E-state index in [9.17, 15) is 0 Å². The summed E-state index contributed by atoms with van der Waals surface area (Å²) in [5.74, 6) is 1.03. The number of aliphatic hydroxyl groups is 1. The van der Waals surface area contributed by atoms with Gasteiger partial charge in [0, 0.05) is 18.8 Å². The summed E-state index contributed by atoms with van der Waals surface area (Å²) >= 11 is 0. The van der Waals surface area contributed by atoms with Gasteiger partial charge in [-0.25, -0.2) is 4.98 Å². The van der Waals surface area contributed by atoms with Crippen molar-refractivity contribution in [2.45, 2.75) is 26.3 Å². The lowest BCUT2D eigenvalue weighted by Gasteiger charge is -2.12. The van der Waals surface area contributed by atoms with E-state index in [1.807, 2.05) is 17.7 Å². The zero-order chi connectivity index (χ0) is 8.27. The summed E-state index contributed by atoms with van der Waals surface area (Å²) in [5, 5.41) is 8.88. The lowest BCUT2D eigenvalue weighted by molar-refractivity contribution is 0.236. The van der Waals surface area contributed by atoms with E-state index >= 15 is 0 Å². The van der Waals surface area contributed by atoms with Crippen molar-refractivity contribution in [1.29, 1.82) is 0 Å². The predicted molar refractivity (Wildman–Crippen MR) is 43.4 cm³/mol. The molecule has 0 fully saturated rings. The maximum absolute atomic E-state index is 8.88. The summed E-state index contributed by atoms with van der Waals surface area (Å²) in [6.07, 6.45) is 4.59. The molecule has 0 spiro atoms. The lowest BCUT2D eigenvalue weighted by Crippen LogP contribution is -2.11. The first-order valence-electron chi connectivity index (χ1n) is 3.92. The Bertz CT molecular complexity index is 220. The highest BCUT2D eigenvalue weighted by molar-refractivity contribution is 4.93. The van der Waals surface area contributed by atoms with Crippen LogP contribution in [0.25, 0.3) is 0 Å². The number of nitrogens with zero attached hydrogens (tertiary/aromatic N) is 2. The highest BCUT2D eigenvalue weighted by atomic mass is 16.3. The van der Waals surface area contributed by atoms with Gasteiger partial charge in [0.2, 0.25) is 0 Å². The zero-order valence-electron chi connectivity index (χ0n) is 6.99. The van der Waals surface area contributed by atoms with E-state index in [4.69, 9.17) is 5.11 Å². The molecule has 1 N–H and O–H groups in total. The Morgan fingerprint density at radius 3 is 3.00 bits per heavy atom. The van der Waals surface area contributed by atoms with E-state index in [1.54, 1.807) is 6.20 Å². The molecular weight excluding hydrogens is 140 g/mol. The molecular formula is C8H14N2O. The molecule has 1 unspecified atom stereocenters. The maximum Gasteiger partial charge on any atom is 0.108 e. The second-order valence-electron chi connectivity index (χ2n) is 2.64. The smallest absolute Gasteiger partial charge is 0.108 e. The molecule has 1 aromatic rings. The van der Waals surface area contributed by atoms with Crippen molar-refractivity contribution in [3.63, 3.8) is 0 Å². The van der Waals surface area contributed by atoms with Gasteiger partial charge in [-0.3, -0.25) is 0 Å². The summed E-state index contributed by atoms with van der Waals surface area (Å²) in [6.45, 7) is 4.20. The number of rotatable bonds is 3. The van der Waals surface area contributed by atoms with Crippen LogP contribution in [-0.2, 0) is 6.42 Å². The van der Waals surface area contributed by atoms with E-state index < -0.39 is 0 Å². The molecule has 0 radical (unpaired) electrons. The van der Waals surface area contributed by atoms with E-state index in [2.05, 4.69) is 11.9 Å². The number of hydrogen-bond donors (Lipinski definition) is 1. The molecule has 1 atom stereocenters. The van der Waals surface area contributed by atoms with Crippen LogP contribution in [0.4, 0.5) is 0 Å². The largest absolute Gasteiger partial charge is 0.394 e. The van der Waals surface area contributed by atoms with Crippen LogP contribution in [0, 0.1) is 0 Å². The highest BCUT2D eigenvalue weighted by Crippen LogP contribution is 2.07. The fraction of sp³-hybridized carbons (Fsp3) is 0.625. The van der Waals surface area contributed by atoms with Crippen molar-refractivity contribution >= 4 is 0 Å². The molecule has 0 bridgehead atoms. The predicted octanol–water partition coefficient (Wildman–Crippen LogP) is 0.999. The molecule has 0 aromatic carbocycles. The van der Waals surface area contributed by atoms with Crippen molar-refractivity contribution in [3.05, 3.63) is 18.2 Å². The molecule has 0 saturated heterocycles. The average Bonchev–Trinajstić information content (AvgIpc) is 2.50. The Morgan fingerprint density at radius 1 is 1.73 bits per heavy atom. The van der Waals surface area contributed by atoms with Crippen LogP contribution in [-0.4, -0.2) is 21.3 Å². The number of aromatic nitrogens is 2. The zero-order valence-corrected chi connectivity index (χ0v) is 6.99. The molecule has 3 nitrogen and oxygen atoms in total. The van der Waals surface area contributed by atoms with Gasteiger partial charge in [0.15, 0.2) is 0 Å². The first-order valence-corrected chi connectivity index (χ1v) is 3.92. The first kappa shape index (κ1) is 8.27. The molecule has 1 rings (SSSR count). The van der Waals surface area contributed by atoms with E-state index in [-0.39, 0.29) is 12.6 Å². The average molecular weight is 154 g/mol. The van der Waals surface area contributed by atoms with Crippen molar-refractivity contribution in [2.75, 3.05) is 6.61 Å². The van der Waals surface area contributed by atoms with Crippen molar-refractivity contribution in [2.24, 2.45) is 0 Å². The molecule has 11 heavy (non-hydrogen) atoms. The second-order valence-corrected chi connectivity index (χ2v) is 2.64. The molecule has 1 heterocycles. The van der Waals surface area contributed by atoms with E-state index in [0.29, 0.717) is 0 Å². The van der Waals surface area contributed by atoms with Crippen LogP contribution < -0.4 is 0 Å². The third kappa shape index (κ3) is 1.60.